The van der Waals surface area contributed by atoms with Gasteiger partial charge in [-0.15, -0.1) is 0 Å². The molecule has 0 aliphatic carbocycles. The Labute approximate surface area is 93.2 Å². The summed E-state index contributed by atoms with van der Waals surface area (Å²) in [4.78, 5) is 19.5. The number of pyridine rings is 1. The van der Waals surface area contributed by atoms with E-state index in [1.807, 2.05) is 19.1 Å². The number of rotatable bonds is 2. The topological polar surface area (TPSA) is 59.8 Å². The van der Waals surface area contributed by atoms with E-state index in [1.54, 1.807) is 18.6 Å². The minimum Gasteiger partial charge on any atom is -0.333 e. The largest absolute Gasteiger partial charge is 0.333 e. The van der Waals surface area contributed by atoms with Crippen molar-refractivity contribution < 1.29 is 4.79 Å². The quantitative estimate of drug-likeness (QED) is 0.824. The number of amides is 1. The average Bonchev–Trinajstić information content (AvgIpc) is 2.79. The standard InChI is InChI=1S/C11H12N4O/c1-9-6-10(2-3-13-9)7-14-11(16)15-5-4-12-8-15/h2-6,8H,7H2,1H3,(H,14,16). The molecule has 0 saturated heterocycles. The van der Waals surface area contributed by atoms with Gasteiger partial charge in [-0.25, -0.2) is 9.78 Å². The fourth-order valence-electron chi connectivity index (χ4n) is 1.36. The van der Waals surface area contributed by atoms with Crippen molar-refractivity contribution in [3.63, 3.8) is 0 Å². The molecule has 2 heterocycles. The van der Waals surface area contributed by atoms with Gasteiger partial charge in [0.1, 0.15) is 6.33 Å². The van der Waals surface area contributed by atoms with Crippen molar-refractivity contribution in [3.05, 3.63) is 48.3 Å². The predicted molar refractivity (Wildman–Crippen MR) is 58.8 cm³/mol. The summed E-state index contributed by atoms with van der Waals surface area (Å²) in [7, 11) is 0. The molecular weight excluding hydrogens is 204 g/mol. The van der Waals surface area contributed by atoms with Crippen LogP contribution in [0.3, 0.4) is 0 Å². The molecule has 1 amide bonds. The van der Waals surface area contributed by atoms with E-state index < -0.39 is 0 Å². The van der Waals surface area contributed by atoms with Gasteiger partial charge in [0.25, 0.3) is 0 Å². The summed E-state index contributed by atoms with van der Waals surface area (Å²) >= 11 is 0. The molecule has 0 aromatic carbocycles. The second-order valence-electron chi connectivity index (χ2n) is 3.43. The first-order chi connectivity index (χ1) is 7.75. The van der Waals surface area contributed by atoms with Gasteiger partial charge >= 0.3 is 6.03 Å². The SMILES string of the molecule is Cc1cc(CNC(=O)n2ccnc2)ccn1. The Morgan fingerprint density at radius 1 is 1.50 bits per heavy atom. The molecule has 1 N–H and O–H groups in total. The molecule has 0 radical (unpaired) electrons. The Morgan fingerprint density at radius 2 is 2.38 bits per heavy atom. The summed E-state index contributed by atoms with van der Waals surface area (Å²) in [5.74, 6) is 0. The molecule has 82 valence electrons. The van der Waals surface area contributed by atoms with E-state index in [0.717, 1.165) is 11.3 Å². The fraction of sp³-hybridized carbons (Fsp3) is 0.182. The molecule has 16 heavy (non-hydrogen) atoms. The summed E-state index contributed by atoms with van der Waals surface area (Å²) in [5, 5.41) is 2.78. The van der Waals surface area contributed by atoms with Crippen molar-refractivity contribution in [2.75, 3.05) is 0 Å². The molecule has 0 fully saturated rings. The van der Waals surface area contributed by atoms with Crippen molar-refractivity contribution in [3.8, 4) is 0 Å². The molecule has 0 bridgehead atoms. The number of aromatic nitrogens is 3. The number of carbonyl (C=O) groups is 1. The Kier molecular flexibility index (Phi) is 2.95. The zero-order valence-electron chi connectivity index (χ0n) is 8.92. The average molecular weight is 216 g/mol. The van der Waals surface area contributed by atoms with Crippen molar-refractivity contribution in [2.45, 2.75) is 13.5 Å². The van der Waals surface area contributed by atoms with Gasteiger partial charge in [0.15, 0.2) is 0 Å². The Bertz CT molecular complexity index is 478. The molecule has 0 atom stereocenters. The van der Waals surface area contributed by atoms with E-state index in [4.69, 9.17) is 0 Å². The van der Waals surface area contributed by atoms with Crippen LogP contribution in [0.2, 0.25) is 0 Å². The van der Waals surface area contributed by atoms with Crippen LogP contribution in [0, 0.1) is 6.92 Å². The molecule has 0 aliphatic heterocycles. The van der Waals surface area contributed by atoms with Crippen LogP contribution in [0.15, 0.2) is 37.1 Å². The lowest BCUT2D eigenvalue weighted by atomic mass is 10.2. The van der Waals surface area contributed by atoms with Gasteiger partial charge in [-0.05, 0) is 24.6 Å². The molecule has 2 aromatic heterocycles. The molecule has 0 saturated carbocycles. The van der Waals surface area contributed by atoms with Gasteiger partial charge < -0.3 is 5.32 Å². The van der Waals surface area contributed by atoms with Crippen LogP contribution in [0.5, 0.6) is 0 Å². The van der Waals surface area contributed by atoms with Crippen molar-refractivity contribution in [2.24, 2.45) is 0 Å². The maximum Gasteiger partial charge on any atom is 0.327 e. The normalized spacial score (nSPS) is 10.1. The van der Waals surface area contributed by atoms with E-state index in [1.165, 1.54) is 10.9 Å². The predicted octanol–water partition coefficient (Wildman–Crippen LogP) is 1.34. The monoisotopic (exact) mass is 216 g/mol. The third-order valence-electron chi connectivity index (χ3n) is 2.14. The van der Waals surface area contributed by atoms with E-state index in [-0.39, 0.29) is 6.03 Å². The Morgan fingerprint density at radius 3 is 3.06 bits per heavy atom. The van der Waals surface area contributed by atoms with Gasteiger partial charge in [-0.3, -0.25) is 9.55 Å². The summed E-state index contributed by atoms with van der Waals surface area (Å²) < 4.78 is 1.40. The molecule has 0 spiro atoms. The fourth-order valence-corrected chi connectivity index (χ4v) is 1.36. The van der Waals surface area contributed by atoms with Gasteiger partial charge in [-0.2, -0.15) is 0 Å². The second-order valence-corrected chi connectivity index (χ2v) is 3.43. The summed E-state index contributed by atoms with van der Waals surface area (Å²) in [5.41, 5.74) is 1.97. The van der Waals surface area contributed by atoms with Crippen LogP contribution in [0.25, 0.3) is 0 Å². The highest BCUT2D eigenvalue weighted by atomic mass is 16.2. The minimum absolute atomic E-state index is 0.188. The van der Waals surface area contributed by atoms with Crippen molar-refractivity contribution >= 4 is 6.03 Å². The zero-order valence-corrected chi connectivity index (χ0v) is 8.92. The Balaban J connectivity index is 1.95. The van der Waals surface area contributed by atoms with Crippen LogP contribution in [0.4, 0.5) is 4.79 Å². The van der Waals surface area contributed by atoms with E-state index in [2.05, 4.69) is 15.3 Å². The van der Waals surface area contributed by atoms with Crippen molar-refractivity contribution in [1.82, 2.24) is 19.9 Å². The highest BCUT2D eigenvalue weighted by molar-refractivity contribution is 5.76. The molecule has 5 nitrogen and oxygen atoms in total. The summed E-state index contributed by atoms with van der Waals surface area (Å²) in [6, 6.07) is 3.63. The van der Waals surface area contributed by atoms with Crippen LogP contribution in [-0.4, -0.2) is 20.6 Å². The van der Waals surface area contributed by atoms with E-state index in [9.17, 15) is 4.79 Å². The van der Waals surface area contributed by atoms with Gasteiger partial charge in [-0.1, -0.05) is 0 Å². The zero-order chi connectivity index (χ0) is 11.4. The number of hydrogen-bond acceptors (Lipinski definition) is 3. The summed E-state index contributed by atoms with van der Waals surface area (Å²) in [6.07, 6.45) is 6.37. The van der Waals surface area contributed by atoms with Gasteiger partial charge in [0, 0.05) is 30.8 Å². The lowest BCUT2D eigenvalue weighted by Gasteiger charge is -2.05. The maximum atomic E-state index is 11.6. The molecule has 2 rings (SSSR count). The smallest absolute Gasteiger partial charge is 0.327 e. The van der Waals surface area contributed by atoms with Gasteiger partial charge in [0.05, 0.1) is 0 Å². The number of nitrogens with one attached hydrogen (secondary N) is 1. The Hall–Kier alpha value is -2.17. The number of imidazole rings is 1. The number of aryl methyl sites for hydroxylation is 1. The van der Waals surface area contributed by atoms with E-state index >= 15 is 0 Å². The first kappa shape index (κ1) is 10.4. The first-order valence-electron chi connectivity index (χ1n) is 4.93. The number of hydrogen-bond donors (Lipinski definition) is 1. The van der Waals surface area contributed by atoms with Crippen molar-refractivity contribution in [1.29, 1.82) is 0 Å². The van der Waals surface area contributed by atoms with Crippen LogP contribution in [-0.2, 0) is 6.54 Å². The van der Waals surface area contributed by atoms with Gasteiger partial charge in [0.2, 0.25) is 0 Å². The number of carbonyl (C=O) groups excluding carboxylic acids is 1. The second kappa shape index (κ2) is 4.57. The first-order valence-corrected chi connectivity index (χ1v) is 4.93. The molecular formula is C11H12N4O. The highest BCUT2D eigenvalue weighted by Crippen LogP contribution is 2.00. The molecule has 0 aliphatic rings. The summed E-state index contributed by atoms with van der Waals surface area (Å²) in [6.45, 7) is 2.40. The maximum absolute atomic E-state index is 11.6. The van der Waals surface area contributed by atoms with E-state index in [0.29, 0.717) is 6.54 Å². The van der Waals surface area contributed by atoms with Crippen LogP contribution < -0.4 is 5.32 Å². The lowest BCUT2D eigenvalue weighted by Crippen LogP contribution is -2.27. The lowest BCUT2D eigenvalue weighted by molar-refractivity contribution is 0.242. The minimum atomic E-state index is -0.188. The molecule has 0 unspecified atom stereocenters. The van der Waals surface area contributed by atoms with Crippen LogP contribution >= 0.6 is 0 Å². The third-order valence-corrected chi connectivity index (χ3v) is 2.14. The highest BCUT2D eigenvalue weighted by Gasteiger charge is 2.02. The number of nitrogens with zero attached hydrogens (tertiary/aromatic N) is 3. The third kappa shape index (κ3) is 2.44. The van der Waals surface area contributed by atoms with Crippen LogP contribution in [0.1, 0.15) is 11.3 Å². The molecule has 5 heteroatoms. The molecule has 2 aromatic rings.